The third kappa shape index (κ3) is 8.25. The number of nitrogens with one attached hydrogen (secondary N) is 3. The van der Waals surface area contributed by atoms with E-state index in [1.807, 2.05) is 0 Å². The van der Waals surface area contributed by atoms with E-state index in [-0.39, 0.29) is 17.5 Å². The van der Waals surface area contributed by atoms with Gasteiger partial charge in [-0.1, -0.05) is 42.4 Å². The van der Waals surface area contributed by atoms with E-state index in [1.54, 1.807) is 0 Å². The maximum atomic E-state index is 12.2. The maximum Gasteiger partial charge on any atom is 0.573 e. The van der Waals surface area contributed by atoms with Crippen molar-refractivity contribution in [2.45, 2.75) is 48.8 Å². The molecule has 1 aromatic carbocycles. The molecule has 0 unspecified atom stereocenters. The Bertz CT molecular complexity index is 886. The molecule has 1 fully saturated rings. The van der Waals surface area contributed by atoms with Crippen LogP contribution in [0.1, 0.15) is 32.1 Å². The smallest absolute Gasteiger partial charge is 0.406 e. The lowest BCUT2D eigenvalue weighted by atomic mass is 9.96. The van der Waals surface area contributed by atoms with Gasteiger partial charge in [-0.25, -0.2) is 4.79 Å². The van der Waals surface area contributed by atoms with E-state index in [1.165, 1.54) is 42.0 Å². The molecule has 1 heterocycles. The quantitative estimate of drug-likeness (QED) is 0.509. The van der Waals surface area contributed by atoms with E-state index in [4.69, 9.17) is 0 Å². The molecule has 0 atom stereocenters. The van der Waals surface area contributed by atoms with Crippen molar-refractivity contribution in [2.75, 3.05) is 11.1 Å². The molecule has 0 saturated heterocycles. The Morgan fingerprint density at radius 2 is 1.84 bits per heavy atom. The van der Waals surface area contributed by atoms with Gasteiger partial charge in [0.2, 0.25) is 11.0 Å². The Morgan fingerprint density at radius 1 is 1.13 bits per heavy atom. The first-order valence-corrected chi connectivity index (χ1v) is 11.3. The van der Waals surface area contributed by atoms with Crippen molar-refractivity contribution in [3.05, 3.63) is 24.3 Å². The first-order chi connectivity index (χ1) is 14.8. The third-order valence-electron chi connectivity index (χ3n) is 4.27. The molecule has 0 radical (unpaired) electrons. The van der Waals surface area contributed by atoms with Crippen LogP contribution < -0.4 is 20.7 Å². The van der Waals surface area contributed by atoms with Crippen LogP contribution in [0.3, 0.4) is 0 Å². The zero-order valence-corrected chi connectivity index (χ0v) is 17.8. The number of anilines is 2. The number of halogens is 3. The molecule has 3 rings (SSSR count). The minimum absolute atomic E-state index is 0.00377. The number of ether oxygens (including phenoxy) is 1. The van der Waals surface area contributed by atoms with Gasteiger partial charge in [-0.2, -0.15) is 0 Å². The standard InChI is InChI=1S/C18H20F3N5O3S2/c19-18(20,21)29-13-8-6-12(7-9-13)23-16-25-26-17(31-16)30-10-14(27)24-15(28)22-11-4-2-1-3-5-11/h6-9,11H,1-5,10H2,(H,23,25)(H2,22,24,27,28). The highest BCUT2D eigenvalue weighted by atomic mass is 32.2. The average Bonchev–Trinajstić information content (AvgIpc) is 3.15. The Kier molecular flexibility index (Phi) is 7.96. The molecule has 0 aliphatic heterocycles. The second kappa shape index (κ2) is 10.7. The van der Waals surface area contributed by atoms with Crippen LogP contribution in [-0.2, 0) is 4.79 Å². The van der Waals surface area contributed by atoms with Gasteiger partial charge in [-0.3, -0.25) is 10.1 Å². The van der Waals surface area contributed by atoms with Gasteiger partial charge in [0.15, 0.2) is 4.34 Å². The molecular formula is C18H20F3N5O3S2. The van der Waals surface area contributed by atoms with Gasteiger partial charge in [0, 0.05) is 11.7 Å². The van der Waals surface area contributed by atoms with Crippen molar-refractivity contribution in [3.8, 4) is 5.75 Å². The van der Waals surface area contributed by atoms with E-state index in [0.29, 0.717) is 15.2 Å². The Morgan fingerprint density at radius 3 is 2.52 bits per heavy atom. The monoisotopic (exact) mass is 475 g/mol. The van der Waals surface area contributed by atoms with Crippen molar-refractivity contribution >= 4 is 45.9 Å². The van der Waals surface area contributed by atoms with Gasteiger partial charge in [-0.05, 0) is 37.1 Å². The van der Waals surface area contributed by atoms with E-state index in [2.05, 4.69) is 30.9 Å². The summed E-state index contributed by atoms with van der Waals surface area (Å²) in [7, 11) is 0. The first-order valence-electron chi connectivity index (χ1n) is 9.46. The van der Waals surface area contributed by atoms with Crippen LogP contribution in [0.25, 0.3) is 0 Å². The normalized spacial score (nSPS) is 14.7. The number of nitrogens with zero attached hydrogens (tertiary/aromatic N) is 2. The number of aromatic nitrogens is 2. The summed E-state index contributed by atoms with van der Waals surface area (Å²) in [6.45, 7) is 0. The number of carbonyl (C=O) groups excluding carboxylic acids is 2. The molecule has 1 saturated carbocycles. The molecule has 8 nitrogen and oxygen atoms in total. The number of imide groups is 1. The topological polar surface area (TPSA) is 105 Å². The summed E-state index contributed by atoms with van der Waals surface area (Å²) < 4.78 is 40.9. The molecule has 0 spiro atoms. The van der Waals surface area contributed by atoms with Crippen LogP contribution in [0.15, 0.2) is 28.6 Å². The van der Waals surface area contributed by atoms with E-state index >= 15 is 0 Å². The fourth-order valence-electron chi connectivity index (χ4n) is 2.94. The molecule has 2 aromatic rings. The van der Waals surface area contributed by atoms with Gasteiger partial charge < -0.3 is 15.4 Å². The first kappa shape index (κ1) is 23.1. The van der Waals surface area contributed by atoms with Crippen LogP contribution in [-0.4, -0.2) is 40.3 Å². The number of alkyl halides is 3. The maximum absolute atomic E-state index is 12.2. The summed E-state index contributed by atoms with van der Waals surface area (Å²) in [6.07, 6.45) is 0.431. The highest BCUT2D eigenvalue weighted by molar-refractivity contribution is 8.01. The Hall–Kier alpha value is -2.54. The summed E-state index contributed by atoms with van der Waals surface area (Å²) in [5.74, 6) is -0.774. The predicted octanol–water partition coefficient (Wildman–Crippen LogP) is 4.43. The molecule has 1 aliphatic rings. The van der Waals surface area contributed by atoms with Crippen molar-refractivity contribution in [1.82, 2.24) is 20.8 Å². The second-order valence-electron chi connectivity index (χ2n) is 6.72. The van der Waals surface area contributed by atoms with E-state index in [9.17, 15) is 22.8 Å². The SMILES string of the molecule is O=C(CSc1nnc(Nc2ccc(OC(F)(F)F)cc2)s1)NC(=O)NC1CCCCC1. The van der Waals surface area contributed by atoms with Crippen molar-refractivity contribution in [3.63, 3.8) is 0 Å². The van der Waals surface area contributed by atoms with Gasteiger partial charge in [0.05, 0.1) is 5.75 Å². The zero-order valence-electron chi connectivity index (χ0n) is 16.2. The number of hydrogen-bond acceptors (Lipinski definition) is 8. The van der Waals surface area contributed by atoms with Crippen LogP contribution in [0.2, 0.25) is 0 Å². The van der Waals surface area contributed by atoms with Gasteiger partial charge in [0.1, 0.15) is 5.75 Å². The lowest BCUT2D eigenvalue weighted by molar-refractivity contribution is -0.274. The van der Waals surface area contributed by atoms with Gasteiger partial charge in [-0.15, -0.1) is 23.4 Å². The molecule has 13 heteroatoms. The molecule has 3 N–H and O–H groups in total. The average molecular weight is 476 g/mol. The lowest BCUT2D eigenvalue weighted by Gasteiger charge is -2.22. The van der Waals surface area contributed by atoms with Crippen LogP contribution in [0, 0.1) is 0 Å². The highest BCUT2D eigenvalue weighted by Gasteiger charge is 2.31. The van der Waals surface area contributed by atoms with Crippen LogP contribution >= 0.6 is 23.1 Å². The van der Waals surface area contributed by atoms with Crippen molar-refractivity contribution in [1.29, 1.82) is 0 Å². The van der Waals surface area contributed by atoms with Crippen LogP contribution in [0.5, 0.6) is 5.75 Å². The predicted molar refractivity (Wildman–Crippen MR) is 111 cm³/mol. The minimum atomic E-state index is -4.75. The minimum Gasteiger partial charge on any atom is -0.406 e. The number of benzene rings is 1. The zero-order chi connectivity index (χ0) is 22.3. The number of rotatable bonds is 7. The number of carbonyl (C=O) groups is 2. The fraction of sp³-hybridized carbons (Fsp3) is 0.444. The molecule has 3 amide bonds. The number of urea groups is 1. The second-order valence-corrected chi connectivity index (χ2v) is 8.92. The lowest BCUT2D eigenvalue weighted by Crippen LogP contribution is -2.45. The number of hydrogen-bond donors (Lipinski definition) is 3. The highest BCUT2D eigenvalue weighted by Crippen LogP contribution is 2.29. The van der Waals surface area contributed by atoms with E-state index < -0.39 is 18.3 Å². The Balaban J connectivity index is 1.41. The number of amides is 3. The fourth-order valence-corrected chi connectivity index (χ4v) is 4.51. The summed E-state index contributed by atoms with van der Waals surface area (Å²) in [6, 6.07) is 4.79. The molecule has 0 bridgehead atoms. The third-order valence-corrected chi connectivity index (χ3v) is 6.24. The van der Waals surface area contributed by atoms with Crippen molar-refractivity contribution in [2.24, 2.45) is 0 Å². The molecular weight excluding hydrogens is 455 g/mol. The molecule has 168 valence electrons. The summed E-state index contributed by atoms with van der Waals surface area (Å²) >= 11 is 2.29. The van der Waals surface area contributed by atoms with Crippen molar-refractivity contribution < 1.29 is 27.5 Å². The molecule has 1 aromatic heterocycles. The Labute approximate surface area is 184 Å². The summed E-state index contributed by atoms with van der Waals surface area (Å²) in [4.78, 5) is 23.8. The van der Waals surface area contributed by atoms with Gasteiger partial charge >= 0.3 is 12.4 Å². The summed E-state index contributed by atoms with van der Waals surface area (Å²) in [5.41, 5.74) is 0.499. The van der Waals surface area contributed by atoms with Crippen LogP contribution in [0.4, 0.5) is 28.8 Å². The molecule has 31 heavy (non-hydrogen) atoms. The number of thioether (sulfide) groups is 1. The summed E-state index contributed by atoms with van der Waals surface area (Å²) in [5, 5.41) is 16.3. The van der Waals surface area contributed by atoms with E-state index in [0.717, 1.165) is 37.4 Å². The largest absolute Gasteiger partial charge is 0.573 e. The molecule has 1 aliphatic carbocycles. The van der Waals surface area contributed by atoms with Gasteiger partial charge in [0.25, 0.3) is 0 Å².